The molecule has 1 aliphatic heterocycles. The van der Waals surface area contributed by atoms with Crippen LogP contribution in [0, 0.1) is 11.7 Å². The van der Waals surface area contributed by atoms with Crippen LogP contribution in [0.25, 0.3) is 22.2 Å². The number of benzene rings is 2. The van der Waals surface area contributed by atoms with Crippen LogP contribution in [0.2, 0.25) is 0 Å². The van der Waals surface area contributed by atoms with Crippen molar-refractivity contribution in [1.82, 2.24) is 9.47 Å². The van der Waals surface area contributed by atoms with Crippen LogP contribution in [0.3, 0.4) is 0 Å². The zero-order valence-electron chi connectivity index (χ0n) is 21.5. The minimum atomic E-state index is -0.422. The lowest BCUT2D eigenvalue weighted by molar-refractivity contribution is -0.120. The molecule has 7 heteroatoms. The standard InChI is InChI=1S/C29H37FN2O4/c1-20(2)14-24(34)19-32-27-10-8-25(36-13-5-12-31-11-4-6-23(33)18-31)15-22(27)16-28(32)21-7-9-26(30)29(17-21)35-3/h7-10,15-17,20,23,33H,4-6,11-14,18-19H2,1-3H3. The van der Waals surface area contributed by atoms with Crippen molar-refractivity contribution in [1.29, 1.82) is 0 Å². The molecule has 1 aromatic heterocycles. The van der Waals surface area contributed by atoms with Gasteiger partial charge in [0.2, 0.25) is 0 Å². The quantitative estimate of drug-likeness (QED) is 0.365. The van der Waals surface area contributed by atoms with Gasteiger partial charge in [-0.25, -0.2) is 4.39 Å². The van der Waals surface area contributed by atoms with E-state index in [1.165, 1.54) is 13.2 Å². The molecule has 0 spiro atoms. The van der Waals surface area contributed by atoms with Crippen LogP contribution in [0.1, 0.15) is 39.5 Å². The molecule has 36 heavy (non-hydrogen) atoms. The molecular formula is C29H37FN2O4. The summed E-state index contributed by atoms with van der Waals surface area (Å²) >= 11 is 0. The Morgan fingerprint density at radius 1 is 1.19 bits per heavy atom. The third-order valence-electron chi connectivity index (χ3n) is 6.66. The summed E-state index contributed by atoms with van der Waals surface area (Å²) in [5, 5.41) is 10.8. The second-order valence-electron chi connectivity index (χ2n) is 10.1. The third kappa shape index (κ3) is 6.45. The second kappa shape index (κ2) is 11.9. The van der Waals surface area contributed by atoms with Crippen LogP contribution in [-0.4, -0.2) is 59.8 Å². The van der Waals surface area contributed by atoms with E-state index in [0.29, 0.717) is 13.0 Å². The summed E-state index contributed by atoms with van der Waals surface area (Å²) in [7, 11) is 1.45. The fourth-order valence-electron chi connectivity index (χ4n) is 4.98. The van der Waals surface area contributed by atoms with Crippen molar-refractivity contribution in [2.24, 2.45) is 5.92 Å². The topological polar surface area (TPSA) is 63.9 Å². The van der Waals surface area contributed by atoms with Crippen molar-refractivity contribution in [3.05, 3.63) is 48.3 Å². The molecule has 6 nitrogen and oxygen atoms in total. The lowest BCUT2D eigenvalue weighted by Gasteiger charge is -2.29. The van der Waals surface area contributed by atoms with Gasteiger partial charge in [-0.2, -0.15) is 0 Å². The molecule has 0 amide bonds. The summed E-state index contributed by atoms with van der Waals surface area (Å²) in [4.78, 5) is 15.1. The van der Waals surface area contributed by atoms with Gasteiger partial charge in [-0.3, -0.25) is 4.79 Å². The molecule has 1 fully saturated rings. The number of halogens is 1. The van der Waals surface area contributed by atoms with Gasteiger partial charge >= 0.3 is 0 Å². The van der Waals surface area contributed by atoms with E-state index in [2.05, 4.69) is 4.90 Å². The smallest absolute Gasteiger partial charge is 0.165 e. The molecule has 1 unspecified atom stereocenters. The first-order valence-corrected chi connectivity index (χ1v) is 12.9. The first kappa shape index (κ1) is 26.2. The fourth-order valence-corrected chi connectivity index (χ4v) is 4.98. The van der Waals surface area contributed by atoms with E-state index in [9.17, 15) is 14.3 Å². The Labute approximate surface area is 212 Å². The summed E-state index contributed by atoms with van der Waals surface area (Å²) in [5.41, 5.74) is 2.55. The molecule has 3 aromatic rings. The average Bonchev–Trinajstić information content (AvgIpc) is 3.19. The van der Waals surface area contributed by atoms with Crippen molar-refractivity contribution in [3.8, 4) is 22.8 Å². The van der Waals surface area contributed by atoms with Gasteiger partial charge in [-0.1, -0.05) is 13.8 Å². The Balaban J connectivity index is 1.54. The maximum Gasteiger partial charge on any atom is 0.165 e. The fraction of sp³-hybridized carbons (Fsp3) is 0.483. The van der Waals surface area contributed by atoms with Crippen molar-refractivity contribution in [2.45, 2.75) is 52.2 Å². The van der Waals surface area contributed by atoms with Gasteiger partial charge in [0.05, 0.1) is 26.4 Å². The molecule has 1 N–H and O–H groups in total. The Morgan fingerprint density at radius 3 is 2.78 bits per heavy atom. The Bertz CT molecular complexity index is 1190. The summed E-state index contributed by atoms with van der Waals surface area (Å²) in [5.74, 6) is 0.954. The maximum absolute atomic E-state index is 14.1. The molecule has 2 heterocycles. The van der Waals surface area contributed by atoms with E-state index in [4.69, 9.17) is 9.47 Å². The summed E-state index contributed by atoms with van der Waals surface area (Å²) < 4.78 is 27.3. The summed E-state index contributed by atoms with van der Waals surface area (Å²) in [6.45, 7) is 7.59. The lowest BCUT2D eigenvalue weighted by Crippen LogP contribution is -2.39. The number of ether oxygens (including phenoxy) is 2. The highest BCUT2D eigenvalue weighted by Crippen LogP contribution is 2.33. The number of Topliss-reactive ketones (excluding diaryl/α,β-unsaturated/α-hetero) is 1. The first-order valence-electron chi connectivity index (χ1n) is 12.9. The molecule has 1 atom stereocenters. The van der Waals surface area contributed by atoms with Gasteiger partial charge in [0.25, 0.3) is 0 Å². The van der Waals surface area contributed by atoms with Gasteiger partial charge in [0, 0.05) is 41.7 Å². The summed E-state index contributed by atoms with van der Waals surface area (Å²) in [6, 6.07) is 12.7. The highest BCUT2D eigenvalue weighted by molar-refractivity contribution is 5.90. The van der Waals surface area contributed by atoms with E-state index in [-0.39, 0.29) is 30.1 Å². The number of methoxy groups -OCH3 is 1. The van der Waals surface area contributed by atoms with Gasteiger partial charge in [-0.15, -0.1) is 0 Å². The van der Waals surface area contributed by atoms with Crippen molar-refractivity contribution in [2.75, 3.05) is 33.4 Å². The SMILES string of the molecule is COc1cc(-c2cc3cc(OCCCN4CCCC(O)C4)ccc3n2CC(=O)CC(C)C)ccc1F. The minimum Gasteiger partial charge on any atom is -0.494 e. The number of nitrogens with zero attached hydrogens (tertiary/aromatic N) is 2. The normalized spacial score (nSPS) is 16.6. The third-order valence-corrected chi connectivity index (χ3v) is 6.66. The van der Waals surface area contributed by atoms with Crippen molar-refractivity contribution >= 4 is 16.7 Å². The highest BCUT2D eigenvalue weighted by Gasteiger charge is 2.18. The number of likely N-dealkylation sites (tertiary alicyclic amines) is 1. The average molecular weight is 497 g/mol. The number of rotatable bonds is 11. The first-order chi connectivity index (χ1) is 17.3. The number of aliphatic hydroxyl groups is 1. The van der Waals surface area contributed by atoms with Gasteiger partial charge in [0.1, 0.15) is 5.75 Å². The van der Waals surface area contributed by atoms with E-state index >= 15 is 0 Å². The van der Waals surface area contributed by atoms with E-state index in [1.54, 1.807) is 12.1 Å². The Morgan fingerprint density at radius 2 is 2.03 bits per heavy atom. The Kier molecular flexibility index (Phi) is 8.64. The monoisotopic (exact) mass is 496 g/mol. The van der Waals surface area contributed by atoms with Crippen LogP contribution in [-0.2, 0) is 11.3 Å². The van der Waals surface area contributed by atoms with E-state index in [0.717, 1.165) is 66.8 Å². The van der Waals surface area contributed by atoms with Crippen LogP contribution < -0.4 is 9.47 Å². The number of β-amino-alcohol motifs (C(OH)–C–C–N with tert-alkyl or cyclic N) is 1. The maximum atomic E-state index is 14.1. The zero-order valence-corrected chi connectivity index (χ0v) is 21.5. The summed E-state index contributed by atoms with van der Waals surface area (Å²) in [6.07, 6.45) is 3.10. The Hall–Kier alpha value is -2.90. The number of aromatic nitrogens is 1. The molecule has 0 aliphatic carbocycles. The van der Waals surface area contributed by atoms with E-state index in [1.807, 2.05) is 42.7 Å². The number of hydrogen-bond donors (Lipinski definition) is 1. The van der Waals surface area contributed by atoms with Crippen LogP contribution >= 0.6 is 0 Å². The molecule has 1 aliphatic rings. The molecule has 0 saturated carbocycles. The number of fused-ring (bicyclic) bond motifs is 1. The number of hydrogen-bond acceptors (Lipinski definition) is 5. The number of aliphatic hydroxyl groups excluding tert-OH is 1. The second-order valence-corrected chi connectivity index (χ2v) is 10.1. The largest absolute Gasteiger partial charge is 0.494 e. The molecule has 194 valence electrons. The van der Waals surface area contributed by atoms with Crippen LogP contribution in [0.4, 0.5) is 4.39 Å². The number of ketones is 1. The van der Waals surface area contributed by atoms with Crippen molar-refractivity contribution < 1.29 is 23.8 Å². The van der Waals surface area contributed by atoms with Crippen LogP contribution in [0.15, 0.2) is 42.5 Å². The highest BCUT2D eigenvalue weighted by atomic mass is 19.1. The minimum absolute atomic E-state index is 0.154. The molecule has 0 bridgehead atoms. The van der Waals surface area contributed by atoms with Gasteiger partial charge in [0.15, 0.2) is 17.3 Å². The number of piperidine rings is 1. The van der Waals surface area contributed by atoms with Gasteiger partial charge in [-0.05, 0) is 74.2 Å². The molecular weight excluding hydrogens is 459 g/mol. The van der Waals surface area contributed by atoms with Crippen LogP contribution in [0.5, 0.6) is 11.5 Å². The molecule has 2 aromatic carbocycles. The predicted octanol–water partition coefficient (Wildman–Crippen LogP) is 5.30. The van der Waals surface area contributed by atoms with Crippen molar-refractivity contribution in [3.63, 3.8) is 0 Å². The molecule has 4 rings (SSSR count). The lowest BCUT2D eigenvalue weighted by atomic mass is 10.1. The van der Waals surface area contributed by atoms with Gasteiger partial charge < -0.3 is 24.0 Å². The molecule has 0 radical (unpaired) electrons. The number of carbonyl (C=O) groups is 1. The predicted molar refractivity (Wildman–Crippen MR) is 140 cm³/mol. The number of carbonyl (C=O) groups excluding carboxylic acids is 1. The molecule has 1 saturated heterocycles. The zero-order chi connectivity index (χ0) is 25.7. The van der Waals surface area contributed by atoms with E-state index < -0.39 is 5.82 Å².